The van der Waals surface area contributed by atoms with Crippen molar-refractivity contribution in [2.45, 2.75) is 69.2 Å². The van der Waals surface area contributed by atoms with E-state index in [1.807, 2.05) is 18.2 Å². The molecule has 1 aromatic carbocycles. The Kier molecular flexibility index (Phi) is 6.26. The Balaban J connectivity index is 1.46. The molecule has 2 fully saturated rings. The lowest BCUT2D eigenvalue weighted by Gasteiger charge is -2.36. The number of aromatic nitrogens is 2. The van der Waals surface area contributed by atoms with Crippen molar-refractivity contribution in [2.24, 2.45) is 5.92 Å². The first-order chi connectivity index (χ1) is 13.7. The molecule has 4 rings (SSSR count). The second-order valence-corrected chi connectivity index (χ2v) is 9.20. The molecule has 0 atom stereocenters. The van der Waals surface area contributed by atoms with Crippen LogP contribution in [0.2, 0.25) is 0 Å². The summed E-state index contributed by atoms with van der Waals surface area (Å²) in [6.07, 6.45) is 7.19. The number of carbonyl (C=O) groups excluding carboxylic acids is 1. The highest BCUT2D eigenvalue weighted by molar-refractivity contribution is 7.99. The summed E-state index contributed by atoms with van der Waals surface area (Å²) in [6.45, 7) is 3.72. The van der Waals surface area contributed by atoms with Gasteiger partial charge in [-0.3, -0.25) is 4.79 Å². The lowest BCUT2D eigenvalue weighted by Crippen LogP contribution is -2.44. The smallest absolute Gasteiger partial charge is 0.233 e. The molecule has 0 N–H and O–H groups in total. The number of hydrogen-bond donors (Lipinski definition) is 0. The van der Waals surface area contributed by atoms with Crippen LogP contribution in [0.3, 0.4) is 0 Å². The zero-order valence-corrected chi connectivity index (χ0v) is 17.8. The van der Waals surface area contributed by atoms with Crippen LogP contribution in [0, 0.1) is 5.92 Å². The quantitative estimate of drug-likeness (QED) is 0.617. The molecule has 28 heavy (non-hydrogen) atoms. The van der Waals surface area contributed by atoms with E-state index in [9.17, 15) is 4.79 Å². The number of carbonyl (C=O) groups is 1. The van der Waals surface area contributed by atoms with Crippen molar-refractivity contribution < 1.29 is 9.53 Å². The van der Waals surface area contributed by atoms with Crippen molar-refractivity contribution in [1.29, 1.82) is 0 Å². The number of methoxy groups -OCH3 is 1. The van der Waals surface area contributed by atoms with Crippen LogP contribution in [-0.4, -0.2) is 51.9 Å². The molecule has 0 radical (unpaired) electrons. The van der Waals surface area contributed by atoms with Crippen LogP contribution in [-0.2, 0) is 16.1 Å². The Morgan fingerprint density at radius 2 is 1.86 bits per heavy atom. The summed E-state index contributed by atoms with van der Waals surface area (Å²) in [5, 5.41) is 0.916. The molecule has 2 saturated carbocycles. The SMILES string of the molecule is COCCn1c(SCC(=O)N(C2CCC(C)CC2)C2CC2)nc2ccccc21. The highest BCUT2D eigenvalue weighted by Gasteiger charge is 2.38. The van der Waals surface area contributed by atoms with Crippen LogP contribution in [0.15, 0.2) is 29.4 Å². The fourth-order valence-electron chi connectivity index (χ4n) is 4.34. The molecule has 1 amide bonds. The normalized spacial score (nSPS) is 22.5. The molecule has 0 aliphatic heterocycles. The van der Waals surface area contributed by atoms with Crippen molar-refractivity contribution >= 4 is 28.7 Å². The Morgan fingerprint density at radius 1 is 1.18 bits per heavy atom. The molecule has 0 unspecified atom stereocenters. The van der Waals surface area contributed by atoms with Crippen molar-refractivity contribution in [1.82, 2.24) is 14.5 Å². The Bertz CT molecular complexity index is 809. The third-order valence-electron chi connectivity index (χ3n) is 6.07. The zero-order chi connectivity index (χ0) is 19.5. The fourth-order valence-corrected chi connectivity index (χ4v) is 5.25. The lowest BCUT2D eigenvalue weighted by atomic mass is 9.86. The third-order valence-corrected chi connectivity index (χ3v) is 7.03. The molecular weight excluding hydrogens is 370 g/mol. The van der Waals surface area contributed by atoms with Crippen molar-refractivity contribution in [3.8, 4) is 0 Å². The van der Waals surface area contributed by atoms with Gasteiger partial charge in [0.25, 0.3) is 0 Å². The molecule has 2 aliphatic carbocycles. The van der Waals surface area contributed by atoms with Gasteiger partial charge in [-0.25, -0.2) is 4.98 Å². The zero-order valence-electron chi connectivity index (χ0n) is 17.0. The monoisotopic (exact) mass is 401 g/mol. The number of amides is 1. The maximum Gasteiger partial charge on any atom is 0.233 e. The Labute approximate surface area is 171 Å². The van der Waals surface area contributed by atoms with Gasteiger partial charge in [0.05, 0.1) is 23.4 Å². The number of para-hydroxylation sites is 2. The van der Waals surface area contributed by atoms with Crippen LogP contribution < -0.4 is 0 Å². The van der Waals surface area contributed by atoms with Gasteiger partial charge >= 0.3 is 0 Å². The second kappa shape index (κ2) is 8.87. The minimum absolute atomic E-state index is 0.289. The number of imidazole rings is 1. The first kappa shape index (κ1) is 19.8. The Hall–Kier alpha value is -1.53. The van der Waals surface area contributed by atoms with E-state index in [2.05, 4.69) is 22.5 Å². The first-order valence-corrected chi connectivity index (χ1v) is 11.5. The van der Waals surface area contributed by atoms with E-state index in [1.165, 1.54) is 38.5 Å². The topological polar surface area (TPSA) is 47.4 Å². The predicted octanol–water partition coefficient (Wildman–Crippen LogP) is 4.34. The summed E-state index contributed by atoms with van der Waals surface area (Å²) in [5.41, 5.74) is 2.09. The van der Waals surface area contributed by atoms with Gasteiger partial charge in [-0.15, -0.1) is 0 Å². The van der Waals surface area contributed by atoms with Crippen LogP contribution in [0.4, 0.5) is 0 Å². The number of benzene rings is 1. The average Bonchev–Trinajstić information content (AvgIpc) is 3.47. The largest absolute Gasteiger partial charge is 0.383 e. The minimum atomic E-state index is 0.289. The molecule has 1 heterocycles. The van der Waals surface area contributed by atoms with Crippen LogP contribution in [0.25, 0.3) is 11.0 Å². The van der Waals surface area contributed by atoms with E-state index in [4.69, 9.17) is 9.72 Å². The highest BCUT2D eigenvalue weighted by atomic mass is 32.2. The minimum Gasteiger partial charge on any atom is -0.383 e. The van der Waals surface area contributed by atoms with E-state index < -0.39 is 0 Å². The van der Waals surface area contributed by atoms with Gasteiger partial charge in [-0.05, 0) is 56.6 Å². The summed E-state index contributed by atoms with van der Waals surface area (Å²) in [5.74, 6) is 1.57. The highest BCUT2D eigenvalue weighted by Crippen LogP contribution is 2.36. The van der Waals surface area contributed by atoms with Gasteiger partial charge in [0.15, 0.2) is 5.16 Å². The number of ether oxygens (including phenoxy) is 1. The number of hydrogen-bond acceptors (Lipinski definition) is 4. The van der Waals surface area contributed by atoms with E-state index in [-0.39, 0.29) is 5.91 Å². The summed E-state index contributed by atoms with van der Waals surface area (Å²) in [4.78, 5) is 20.2. The average molecular weight is 402 g/mol. The molecule has 5 nitrogen and oxygen atoms in total. The van der Waals surface area contributed by atoms with E-state index in [0.717, 1.165) is 28.7 Å². The summed E-state index contributed by atoms with van der Waals surface area (Å²) in [6, 6.07) is 9.09. The summed E-state index contributed by atoms with van der Waals surface area (Å²) in [7, 11) is 1.72. The molecule has 1 aromatic heterocycles. The first-order valence-electron chi connectivity index (χ1n) is 10.6. The molecular formula is C22H31N3O2S. The van der Waals surface area contributed by atoms with E-state index in [1.54, 1.807) is 18.9 Å². The van der Waals surface area contributed by atoms with Gasteiger partial charge < -0.3 is 14.2 Å². The number of nitrogens with zero attached hydrogens (tertiary/aromatic N) is 3. The van der Waals surface area contributed by atoms with Gasteiger partial charge in [0.1, 0.15) is 0 Å². The van der Waals surface area contributed by atoms with Crippen LogP contribution >= 0.6 is 11.8 Å². The summed E-state index contributed by atoms with van der Waals surface area (Å²) < 4.78 is 7.46. The van der Waals surface area contributed by atoms with E-state index in [0.29, 0.717) is 24.4 Å². The van der Waals surface area contributed by atoms with Gasteiger partial charge in [0.2, 0.25) is 5.91 Å². The number of rotatable bonds is 8. The van der Waals surface area contributed by atoms with Crippen molar-refractivity contribution in [3.05, 3.63) is 24.3 Å². The van der Waals surface area contributed by atoms with Crippen molar-refractivity contribution in [2.75, 3.05) is 19.5 Å². The summed E-state index contributed by atoms with van der Waals surface area (Å²) >= 11 is 1.57. The molecule has 0 saturated heterocycles. The third kappa shape index (κ3) is 4.38. The Morgan fingerprint density at radius 3 is 2.54 bits per heavy atom. The van der Waals surface area contributed by atoms with Crippen molar-refractivity contribution in [3.63, 3.8) is 0 Å². The molecule has 2 aliphatic rings. The molecule has 152 valence electrons. The van der Waals surface area contributed by atoms with E-state index >= 15 is 0 Å². The maximum absolute atomic E-state index is 13.2. The van der Waals surface area contributed by atoms with Crippen LogP contribution in [0.1, 0.15) is 45.4 Å². The molecule has 0 bridgehead atoms. The molecule has 6 heteroatoms. The molecule has 0 spiro atoms. The standard InChI is InChI=1S/C22H31N3O2S/c1-16-7-9-17(10-8-16)25(18-11-12-18)21(26)15-28-22-23-19-5-3-4-6-20(19)24(22)13-14-27-2/h3-6,16-18H,7-15H2,1-2H3. The fraction of sp³-hybridized carbons (Fsp3) is 0.636. The van der Waals surface area contributed by atoms with Crippen LogP contribution in [0.5, 0.6) is 0 Å². The number of fused-ring (bicyclic) bond motifs is 1. The van der Waals surface area contributed by atoms with Gasteiger partial charge in [-0.2, -0.15) is 0 Å². The predicted molar refractivity (Wildman–Crippen MR) is 114 cm³/mol. The molecule has 2 aromatic rings. The lowest BCUT2D eigenvalue weighted by molar-refractivity contribution is -0.132. The van der Waals surface area contributed by atoms with Gasteiger partial charge in [-0.1, -0.05) is 30.8 Å². The second-order valence-electron chi connectivity index (χ2n) is 8.26. The number of thioether (sulfide) groups is 1. The maximum atomic E-state index is 13.2. The van der Waals surface area contributed by atoms with Gasteiger partial charge in [0, 0.05) is 25.7 Å².